The van der Waals surface area contributed by atoms with E-state index in [1.54, 1.807) is 0 Å². The molecule has 0 rings (SSSR count). The predicted molar refractivity (Wildman–Crippen MR) is 38.0 cm³/mol. The van der Waals surface area contributed by atoms with Crippen LogP contribution in [0.1, 0.15) is 19.8 Å². The first-order valence-electron chi connectivity index (χ1n) is 2.65. The van der Waals surface area contributed by atoms with Crippen LogP contribution in [0.4, 0.5) is 0 Å². The molecule has 0 radical (unpaired) electrons. The second-order valence-corrected chi connectivity index (χ2v) is 1.54. The van der Waals surface area contributed by atoms with Gasteiger partial charge in [0.2, 0.25) is 0 Å². The first-order chi connectivity index (χ1) is 3.83. The lowest BCUT2D eigenvalue weighted by atomic mass is 10.4. The summed E-state index contributed by atoms with van der Waals surface area (Å²) in [6.07, 6.45) is 2.04. The first-order valence-corrected chi connectivity index (χ1v) is 3.09. The lowest BCUT2D eigenvalue weighted by Gasteiger charge is -1.79. The minimum absolute atomic E-state index is 0.344. The van der Waals surface area contributed by atoms with E-state index in [1.165, 1.54) is 5.54 Å². The van der Waals surface area contributed by atoms with Crippen LogP contribution in [0.5, 0.6) is 0 Å². The second-order valence-electron chi connectivity index (χ2n) is 1.23. The normalized spacial score (nSPS) is 6.88. The molecule has 0 aromatic carbocycles. The fraction of sp³-hybridized carbons (Fsp3) is 0.667. The van der Waals surface area contributed by atoms with Gasteiger partial charge in [0.1, 0.15) is 0 Å². The number of unbranched alkanes of at least 4 members (excludes halogenated alkanes) is 1. The molecule has 0 aromatic heterocycles. The Morgan fingerprint density at radius 2 is 2.12 bits per heavy atom. The van der Waals surface area contributed by atoms with E-state index in [0.29, 0.717) is 6.61 Å². The summed E-state index contributed by atoms with van der Waals surface area (Å²) in [5.41, 5.74) is 1.22. The van der Waals surface area contributed by atoms with Crippen molar-refractivity contribution in [1.29, 1.82) is 0 Å². The van der Waals surface area contributed by atoms with E-state index in [1.807, 2.05) is 0 Å². The summed E-state index contributed by atoms with van der Waals surface area (Å²) in [7, 11) is 0. The van der Waals surface area contributed by atoms with Crippen molar-refractivity contribution in [2.45, 2.75) is 19.8 Å². The third kappa shape index (κ3) is 37.7. The average Bonchev–Trinajstić information content (AvgIpc) is 1.71. The highest BCUT2D eigenvalue weighted by Crippen LogP contribution is 1.78. The Morgan fingerprint density at radius 3 is 2.12 bits per heavy atom. The van der Waals surface area contributed by atoms with Crippen LogP contribution in [0, 0.1) is 0 Å². The molecule has 0 unspecified atom stereocenters. The fourth-order valence-corrected chi connectivity index (χ4v) is 0.158. The summed E-state index contributed by atoms with van der Waals surface area (Å²) in [4.78, 5) is 0. The van der Waals surface area contributed by atoms with Crippen molar-refractivity contribution in [3.63, 3.8) is 0 Å². The molecule has 0 aliphatic heterocycles. The molecule has 0 heterocycles. The Labute approximate surface area is 56.0 Å². The van der Waals surface area contributed by atoms with Crippen molar-refractivity contribution in [1.82, 2.24) is 0 Å². The molecule has 50 valence electrons. The van der Waals surface area contributed by atoms with Crippen molar-refractivity contribution in [2.24, 2.45) is 0 Å². The van der Waals surface area contributed by atoms with Gasteiger partial charge in [-0.2, -0.15) is 0 Å². The van der Waals surface area contributed by atoms with Gasteiger partial charge in [-0.05, 0) is 12.0 Å². The molecule has 0 aliphatic carbocycles. The number of aliphatic hydroxyl groups excluding tert-OH is 1. The van der Waals surface area contributed by atoms with E-state index in [4.69, 9.17) is 16.7 Å². The Bertz CT molecular complexity index is 35.5. The molecule has 8 heavy (non-hydrogen) atoms. The van der Waals surface area contributed by atoms with Crippen LogP contribution in [0.2, 0.25) is 0 Å². The molecule has 2 heteroatoms. The van der Waals surface area contributed by atoms with E-state index < -0.39 is 0 Å². The van der Waals surface area contributed by atoms with Gasteiger partial charge >= 0.3 is 0 Å². The molecule has 1 nitrogen and oxygen atoms in total. The van der Waals surface area contributed by atoms with Gasteiger partial charge in [0, 0.05) is 6.61 Å². The third-order valence-electron chi connectivity index (χ3n) is 0.512. The molecule has 1 N–H and O–H groups in total. The van der Waals surface area contributed by atoms with Crippen molar-refractivity contribution >= 4 is 11.6 Å². The quantitative estimate of drug-likeness (QED) is 0.617. The molecular formula is C6H13ClO. The van der Waals surface area contributed by atoms with Crippen molar-refractivity contribution in [3.05, 3.63) is 12.1 Å². The summed E-state index contributed by atoms with van der Waals surface area (Å²) in [6.45, 7) is 5.52. The van der Waals surface area contributed by atoms with Crippen LogP contribution in [0.25, 0.3) is 0 Å². The molecule has 0 aromatic rings. The highest BCUT2D eigenvalue weighted by Gasteiger charge is 1.69. The van der Waals surface area contributed by atoms with Crippen LogP contribution < -0.4 is 0 Å². The highest BCUT2D eigenvalue weighted by molar-refractivity contribution is 6.25. The maximum absolute atomic E-state index is 8.07. The average molecular weight is 137 g/mol. The smallest absolute Gasteiger partial charge is 0.0430 e. The van der Waals surface area contributed by atoms with Crippen LogP contribution in [-0.4, -0.2) is 11.7 Å². The zero-order valence-electron chi connectivity index (χ0n) is 5.23. The molecule has 0 saturated carbocycles. The Kier molecular flexibility index (Phi) is 21.4. The maximum Gasteiger partial charge on any atom is 0.0430 e. The van der Waals surface area contributed by atoms with Gasteiger partial charge in [0.15, 0.2) is 0 Å². The van der Waals surface area contributed by atoms with E-state index in [2.05, 4.69) is 13.5 Å². The summed E-state index contributed by atoms with van der Waals surface area (Å²) >= 11 is 4.76. The number of rotatable bonds is 2. The SMILES string of the molecule is C=CCl.CCCCO. The van der Waals surface area contributed by atoms with Gasteiger partial charge in [-0.15, -0.1) is 0 Å². The zero-order valence-corrected chi connectivity index (χ0v) is 5.99. The molecule has 0 saturated heterocycles. The van der Waals surface area contributed by atoms with Gasteiger partial charge in [0.05, 0.1) is 0 Å². The topological polar surface area (TPSA) is 20.2 Å². The predicted octanol–water partition coefficient (Wildman–Crippen LogP) is 2.15. The largest absolute Gasteiger partial charge is 0.396 e. The molecular weight excluding hydrogens is 124 g/mol. The van der Waals surface area contributed by atoms with Crippen LogP contribution >= 0.6 is 11.6 Å². The van der Waals surface area contributed by atoms with Crippen LogP contribution in [0.15, 0.2) is 12.1 Å². The van der Waals surface area contributed by atoms with Gasteiger partial charge < -0.3 is 5.11 Å². The molecule has 0 fully saturated rings. The van der Waals surface area contributed by atoms with Gasteiger partial charge in [-0.3, -0.25) is 0 Å². The van der Waals surface area contributed by atoms with Crippen LogP contribution in [0.3, 0.4) is 0 Å². The van der Waals surface area contributed by atoms with E-state index in [-0.39, 0.29) is 0 Å². The number of aliphatic hydroxyl groups is 1. The molecule has 0 aliphatic rings. The summed E-state index contributed by atoms with van der Waals surface area (Å²) in [5.74, 6) is 0. The summed E-state index contributed by atoms with van der Waals surface area (Å²) in [5, 5.41) is 8.07. The molecule has 0 atom stereocenters. The lowest BCUT2D eigenvalue weighted by Crippen LogP contribution is -1.75. The number of halogens is 1. The molecule has 0 bridgehead atoms. The van der Waals surface area contributed by atoms with Crippen molar-refractivity contribution < 1.29 is 5.11 Å². The van der Waals surface area contributed by atoms with Gasteiger partial charge in [-0.25, -0.2) is 0 Å². The minimum Gasteiger partial charge on any atom is -0.396 e. The standard InChI is InChI=1S/C4H10O.C2H3Cl/c1-2-3-4-5;1-2-3/h5H,2-4H2,1H3;2H,1H2. The fourth-order valence-electron chi connectivity index (χ4n) is 0.158. The minimum atomic E-state index is 0.344. The third-order valence-corrected chi connectivity index (χ3v) is 0.512. The monoisotopic (exact) mass is 136 g/mol. The Balaban J connectivity index is 0. The van der Waals surface area contributed by atoms with E-state index in [9.17, 15) is 0 Å². The van der Waals surface area contributed by atoms with Crippen LogP contribution in [-0.2, 0) is 0 Å². The van der Waals surface area contributed by atoms with E-state index in [0.717, 1.165) is 12.8 Å². The maximum atomic E-state index is 8.07. The molecule has 0 amide bonds. The van der Waals surface area contributed by atoms with Crippen molar-refractivity contribution in [2.75, 3.05) is 6.61 Å². The summed E-state index contributed by atoms with van der Waals surface area (Å²) < 4.78 is 0. The Hall–Kier alpha value is -0.0100. The van der Waals surface area contributed by atoms with Gasteiger partial charge in [-0.1, -0.05) is 31.5 Å². The number of hydrogen-bond donors (Lipinski definition) is 1. The van der Waals surface area contributed by atoms with E-state index >= 15 is 0 Å². The highest BCUT2D eigenvalue weighted by atomic mass is 35.5. The first kappa shape index (κ1) is 10.9. The lowest BCUT2D eigenvalue weighted by molar-refractivity contribution is 0.287. The number of hydrogen-bond acceptors (Lipinski definition) is 1. The summed E-state index contributed by atoms with van der Waals surface area (Å²) in [6, 6.07) is 0. The zero-order chi connectivity index (χ0) is 6.83. The van der Waals surface area contributed by atoms with Crippen molar-refractivity contribution in [3.8, 4) is 0 Å². The second kappa shape index (κ2) is 15.8. The molecule has 0 spiro atoms. The Morgan fingerprint density at radius 1 is 1.75 bits per heavy atom. The van der Waals surface area contributed by atoms with Gasteiger partial charge in [0.25, 0.3) is 0 Å².